The molecular weight excluding hydrogens is 176 g/mol. The second-order valence-corrected chi connectivity index (χ2v) is 3.90. The van der Waals surface area contributed by atoms with Crippen molar-refractivity contribution in [2.45, 2.75) is 45.1 Å². The fourth-order valence-corrected chi connectivity index (χ4v) is 2.23. The van der Waals surface area contributed by atoms with Gasteiger partial charge in [-0.05, 0) is 25.8 Å². The number of hydrogen-bond acceptors (Lipinski definition) is 2. The minimum Gasteiger partial charge on any atom is -0.300 e. The van der Waals surface area contributed by atoms with Gasteiger partial charge >= 0.3 is 0 Å². The van der Waals surface area contributed by atoms with E-state index in [-0.39, 0.29) is 0 Å². The molecule has 3 nitrogen and oxygen atoms in total. The van der Waals surface area contributed by atoms with Crippen molar-refractivity contribution < 1.29 is 4.79 Å². The molecule has 1 heterocycles. The van der Waals surface area contributed by atoms with E-state index in [9.17, 15) is 4.79 Å². The Labute approximate surface area is 84.1 Å². The van der Waals surface area contributed by atoms with Crippen molar-refractivity contribution in [3.05, 3.63) is 18.0 Å². The molecule has 0 aromatic carbocycles. The van der Waals surface area contributed by atoms with E-state index in [0.29, 0.717) is 18.1 Å². The first-order chi connectivity index (χ1) is 6.81. The maximum Gasteiger partial charge on any atom is 0.133 e. The normalized spacial score (nSPS) is 22.6. The average molecular weight is 192 g/mol. The van der Waals surface area contributed by atoms with Gasteiger partial charge in [0.1, 0.15) is 5.78 Å². The summed E-state index contributed by atoms with van der Waals surface area (Å²) < 4.78 is 2.00. The van der Waals surface area contributed by atoms with Gasteiger partial charge in [-0.15, -0.1) is 0 Å². The van der Waals surface area contributed by atoms with Crippen molar-refractivity contribution in [3.8, 4) is 0 Å². The van der Waals surface area contributed by atoms with Gasteiger partial charge < -0.3 is 0 Å². The fourth-order valence-electron chi connectivity index (χ4n) is 2.23. The molecule has 0 aliphatic heterocycles. The number of carbonyl (C=O) groups is 1. The third-order valence-electron chi connectivity index (χ3n) is 2.95. The number of rotatable bonds is 2. The van der Waals surface area contributed by atoms with E-state index in [1.165, 1.54) is 5.69 Å². The van der Waals surface area contributed by atoms with Gasteiger partial charge in [-0.3, -0.25) is 9.48 Å². The van der Waals surface area contributed by atoms with Crippen LogP contribution in [0, 0.1) is 0 Å². The molecule has 3 heteroatoms. The number of carbonyl (C=O) groups excluding carboxylic acids is 1. The van der Waals surface area contributed by atoms with Gasteiger partial charge in [0.05, 0.1) is 0 Å². The SMILES string of the molecule is CCn1nccc1C1CCCC(=O)C1. The molecule has 0 radical (unpaired) electrons. The Kier molecular flexibility index (Phi) is 2.66. The Morgan fingerprint density at radius 2 is 2.50 bits per heavy atom. The number of hydrogen-bond donors (Lipinski definition) is 0. The zero-order valence-corrected chi connectivity index (χ0v) is 8.57. The minimum absolute atomic E-state index is 0.408. The van der Waals surface area contributed by atoms with E-state index in [1.807, 2.05) is 16.9 Å². The molecule has 0 bridgehead atoms. The van der Waals surface area contributed by atoms with Crippen LogP contribution in [0.5, 0.6) is 0 Å². The molecule has 2 rings (SSSR count). The van der Waals surface area contributed by atoms with Gasteiger partial charge in [-0.2, -0.15) is 5.10 Å². The highest BCUT2D eigenvalue weighted by Gasteiger charge is 2.23. The molecule has 1 atom stereocenters. The Hall–Kier alpha value is -1.12. The predicted octanol–water partition coefficient (Wildman–Crippen LogP) is 2.13. The first-order valence-corrected chi connectivity index (χ1v) is 5.34. The molecule has 0 N–H and O–H groups in total. The molecular formula is C11H16N2O. The van der Waals surface area contributed by atoms with Gasteiger partial charge in [0.15, 0.2) is 0 Å². The summed E-state index contributed by atoms with van der Waals surface area (Å²) in [5, 5.41) is 4.24. The van der Waals surface area contributed by atoms with Crippen molar-refractivity contribution in [1.29, 1.82) is 0 Å². The summed E-state index contributed by atoms with van der Waals surface area (Å²) in [5.74, 6) is 0.823. The zero-order valence-electron chi connectivity index (χ0n) is 8.57. The van der Waals surface area contributed by atoms with Gasteiger partial charge in [0.2, 0.25) is 0 Å². The predicted molar refractivity (Wildman–Crippen MR) is 54.1 cm³/mol. The zero-order chi connectivity index (χ0) is 9.97. The molecule has 0 saturated heterocycles. The number of ketones is 1. The van der Waals surface area contributed by atoms with Crippen molar-refractivity contribution in [2.75, 3.05) is 0 Å². The largest absolute Gasteiger partial charge is 0.300 e. The quantitative estimate of drug-likeness (QED) is 0.719. The highest BCUT2D eigenvalue weighted by atomic mass is 16.1. The lowest BCUT2D eigenvalue weighted by atomic mass is 9.86. The Morgan fingerprint density at radius 1 is 1.64 bits per heavy atom. The second-order valence-electron chi connectivity index (χ2n) is 3.90. The maximum atomic E-state index is 11.3. The molecule has 1 aliphatic carbocycles. The molecule has 1 fully saturated rings. The van der Waals surface area contributed by atoms with Crippen LogP contribution in [0.25, 0.3) is 0 Å². The van der Waals surface area contributed by atoms with E-state index in [1.54, 1.807) is 0 Å². The Morgan fingerprint density at radius 3 is 3.21 bits per heavy atom. The lowest BCUT2D eigenvalue weighted by molar-refractivity contribution is -0.120. The van der Waals surface area contributed by atoms with Crippen LogP contribution in [0.4, 0.5) is 0 Å². The van der Waals surface area contributed by atoms with Crippen molar-refractivity contribution in [3.63, 3.8) is 0 Å². The highest BCUT2D eigenvalue weighted by Crippen LogP contribution is 2.30. The van der Waals surface area contributed by atoms with Crippen LogP contribution in [0.1, 0.15) is 44.2 Å². The van der Waals surface area contributed by atoms with Crippen LogP contribution >= 0.6 is 0 Å². The lowest BCUT2D eigenvalue weighted by Crippen LogP contribution is -2.16. The Bertz CT molecular complexity index is 330. The van der Waals surface area contributed by atoms with E-state index in [4.69, 9.17) is 0 Å². The maximum absolute atomic E-state index is 11.3. The smallest absolute Gasteiger partial charge is 0.133 e. The van der Waals surface area contributed by atoms with Gasteiger partial charge in [-0.25, -0.2) is 0 Å². The monoisotopic (exact) mass is 192 g/mol. The molecule has 14 heavy (non-hydrogen) atoms. The third-order valence-corrected chi connectivity index (χ3v) is 2.95. The van der Waals surface area contributed by atoms with Crippen LogP contribution in [0.15, 0.2) is 12.3 Å². The molecule has 0 spiro atoms. The summed E-state index contributed by atoms with van der Waals surface area (Å²) in [6.45, 7) is 2.98. The molecule has 1 unspecified atom stereocenters. The van der Waals surface area contributed by atoms with Gasteiger partial charge in [0, 0.05) is 37.2 Å². The van der Waals surface area contributed by atoms with Crippen LogP contribution in [0.2, 0.25) is 0 Å². The number of Topliss-reactive ketones (excluding diaryl/α,β-unsaturated/α-hetero) is 1. The van der Waals surface area contributed by atoms with Crippen molar-refractivity contribution >= 4 is 5.78 Å². The van der Waals surface area contributed by atoms with E-state index < -0.39 is 0 Å². The molecule has 76 valence electrons. The summed E-state index contributed by atoms with van der Waals surface area (Å²) in [4.78, 5) is 11.3. The second kappa shape index (κ2) is 3.95. The van der Waals surface area contributed by atoms with Crippen molar-refractivity contribution in [2.24, 2.45) is 0 Å². The number of aromatic nitrogens is 2. The molecule has 0 amide bonds. The lowest BCUT2D eigenvalue weighted by Gasteiger charge is -2.21. The molecule has 1 aromatic rings. The average Bonchev–Trinajstić information content (AvgIpc) is 2.65. The summed E-state index contributed by atoms with van der Waals surface area (Å²) >= 11 is 0. The Balaban J connectivity index is 2.17. The fraction of sp³-hybridized carbons (Fsp3) is 0.636. The third kappa shape index (κ3) is 1.72. The standard InChI is InChI=1S/C11H16N2O/c1-2-13-11(6-7-12-13)9-4-3-5-10(14)8-9/h6-7,9H,2-5,8H2,1H3. The first-order valence-electron chi connectivity index (χ1n) is 5.34. The topological polar surface area (TPSA) is 34.9 Å². The van der Waals surface area contributed by atoms with Gasteiger partial charge in [-0.1, -0.05) is 0 Å². The summed E-state index contributed by atoms with van der Waals surface area (Å²) in [7, 11) is 0. The van der Waals surface area contributed by atoms with E-state index in [2.05, 4.69) is 12.0 Å². The van der Waals surface area contributed by atoms with Crippen LogP contribution < -0.4 is 0 Å². The highest BCUT2D eigenvalue weighted by molar-refractivity contribution is 5.80. The number of nitrogens with zero attached hydrogens (tertiary/aromatic N) is 2. The van der Waals surface area contributed by atoms with Gasteiger partial charge in [0.25, 0.3) is 0 Å². The van der Waals surface area contributed by atoms with Crippen LogP contribution in [-0.4, -0.2) is 15.6 Å². The molecule has 1 aromatic heterocycles. The van der Waals surface area contributed by atoms with Crippen molar-refractivity contribution in [1.82, 2.24) is 9.78 Å². The summed E-state index contributed by atoms with van der Waals surface area (Å²) in [5.41, 5.74) is 1.24. The van der Waals surface area contributed by atoms with E-state index >= 15 is 0 Å². The summed E-state index contributed by atoms with van der Waals surface area (Å²) in [6.07, 6.45) is 5.50. The summed E-state index contributed by atoms with van der Waals surface area (Å²) in [6, 6.07) is 2.05. The van der Waals surface area contributed by atoms with Crippen LogP contribution in [0.3, 0.4) is 0 Å². The molecule has 1 saturated carbocycles. The minimum atomic E-state index is 0.408. The first kappa shape index (κ1) is 9.44. The molecule has 1 aliphatic rings. The van der Waals surface area contributed by atoms with E-state index in [0.717, 1.165) is 25.8 Å². The van der Waals surface area contributed by atoms with Crippen LogP contribution in [-0.2, 0) is 11.3 Å². The number of aryl methyl sites for hydroxylation is 1.